The first-order chi connectivity index (χ1) is 12.1. The Balaban J connectivity index is 1.85. The molecule has 122 valence electrons. The lowest BCUT2D eigenvalue weighted by Gasteiger charge is -2.09. The Morgan fingerprint density at radius 3 is 2.64 bits per heavy atom. The van der Waals surface area contributed by atoms with Crippen LogP contribution in [0.15, 0.2) is 61.2 Å². The van der Waals surface area contributed by atoms with Crippen LogP contribution in [0, 0.1) is 17.1 Å². The molecule has 1 aromatic heterocycles. The first kappa shape index (κ1) is 16.1. The minimum absolute atomic E-state index is 0.168. The molecular formula is C18H11FN4O2. The molecule has 1 N–H and O–H groups in total. The maximum Gasteiger partial charge on any atom is 0.255 e. The third kappa shape index (κ3) is 4.14. The van der Waals surface area contributed by atoms with Gasteiger partial charge in [0.15, 0.2) is 5.75 Å². The number of hydrogen-bond acceptors (Lipinski definition) is 5. The molecule has 0 aliphatic carbocycles. The fourth-order valence-electron chi connectivity index (χ4n) is 2.10. The molecule has 0 aliphatic heterocycles. The Labute approximate surface area is 142 Å². The molecule has 1 heterocycles. The molecule has 0 aliphatic rings. The average molecular weight is 334 g/mol. The first-order valence-electron chi connectivity index (χ1n) is 7.19. The number of nitrogens with one attached hydrogen (secondary N) is 1. The number of rotatable bonds is 4. The van der Waals surface area contributed by atoms with Crippen molar-refractivity contribution in [3.8, 4) is 17.6 Å². The van der Waals surface area contributed by atoms with E-state index in [4.69, 9.17) is 10.00 Å². The molecule has 2 aromatic carbocycles. The Bertz CT molecular complexity index is 955. The molecule has 0 fully saturated rings. The van der Waals surface area contributed by atoms with Gasteiger partial charge in [-0.2, -0.15) is 5.26 Å². The van der Waals surface area contributed by atoms with Crippen LogP contribution in [0.25, 0.3) is 0 Å². The number of aromatic nitrogens is 2. The molecule has 0 saturated carbocycles. The molecule has 6 nitrogen and oxygen atoms in total. The number of carbonyl (C=O) groups excluding carboxylic acids is 1. The minimum atomic E-state index is -0.508. The average Bonchev–Trinajstić information content (AvgIpc) is 2.62. The molecule has 1 amide bonds. The molecule has 3 rings (SSSR count). The Morgan fingerprint density at radius 2 is 1.92 bits per heavy atom. The molecule has 0 spiro atoms. The van der Waals surface area contributed by atoms with Gasteiger partial charge in [0.05, 0.1) is 24.0 Å². The standard InChI is InChI=1S/C18H11FN4O2/c19-14-3-1-2-13(6-14)18(24)23-15-4-12(8-20)5-16(7-15)25-17-9-21-11-22-10-17/h1-7,9-11H,(H,23,24). The van der Waals surface area contributed by atoms with Crippen LogP contribution in [-0.2, 0) is 0 Å². The summed E-state index contributed by atoms with van der Waals surface area (Å²) in [5.41, 5.74) is 0.811. The number of amides is 1. The van der Waals surface area contributed by atoms with E-state index in [0.717, 1.165) is 6.07 Å². The lowest BCUT2D eigenvalue weighted by atomic mass is 10.1. The second kappa shape index (κ2) is 7.19. The lowest BCUT2D eigenvalue weighted by molar-refractivity contribution is 0.102. The van der Waals surface area contributed by atoms with Gasteiger partial charge >= 0.3 is 0 Å². The lowest BCUT2D eigenvalue weighted by Crippen LogP contribution is -2.12. The molecule has 7 heteroatoms. The molecule has 25 heavy (non-hydrogen) atoms. The Hall–Kier alpha value is -3.79. The minimum Gasteiger partial charge on any atom is -0.454 e. The summed E-state index contributed by atoms with van der Waals surface area (Å²) in [5, 5.41) is 11.8. The number of nitrogens with zero attached hydrogens (tertiary/aromatic N) is 3. The zero-order valence-electron chi connectivity index (χ0n) is 12.8. The first-order valence-corrected chi connectivity index (χ1v) is 7.19. The summed E-state index contributed by atoms with van der Waals surface area (Å²) in [7, 11) is 0. The van der Waals surface area contributed by atoms with E-state index < -0.39 is 11.7 Å². The number of halogens is 1. The van der Waals surface area contributed by atoms with Gasteiger partial charge in [0, 0.05) is 17.3 Å². The van der Waals surface area contributed by atoms with Gasteiger partial charge in [-0.1, -0.05) is 6.07 Å². The summed E-state index contributed by atoms with van der Waals surface area (Å²) >= 11 is 0. The van der Waals surface area contributed by atoms with E-state index >= 15 is 0 Å². The number of hydrogen-bond donors (Lipinski definition) is 1. The second-order valence-corrected chi connectivity index (χ2v) is 5.00. The highest BCUT2D eigenvalue weighted by Crippen LogP contribution is 2.25. The van der Waals surface area contributed by atoms with Crippen molar-refractivity contribution in [1.82, 2.24) is 9.97 Å². The summed E-state index contributed by atoms with van der Waals surface area (Å²) in [4.78, 5) is 19.9. The van der Waals surface area contributed by atoms with Gasteiger partial charge in [-0.25, -0.2) is 14.4 Å². The zero-order chi connectivity index (χ0) is 17.6. The summed E-state index contributed by atoms with van der Waals surface area (Å²) in [6, 6.07) is 11.9. The van der Waals surface area contributed by atoms with Gasteiger partial charge < -0.3 is 10.1 Å². The van der Waals surface area contributed by atoms with Gasteiger partial charge in [0.1, 0.15) is 17.9 Å². The van der Waals surface area contributed by atoms with Crippen molar-refractivity contribution in [3.05, 3.63) is 78.1 Å². The molecule has 3 aromatic rings. The van der Waals surface area contributed by atoms with Crippen LogP contribution >= 0.6 is 0 Å². The number of ether oxygens (including phenoxy) is 1. The molecule has 0 radical (unpaired) electrons. The van der Waals surface area contributed by atoms with Crippen LogP contribution in [0.1, 0.15) is 15.9 Å². The SMILES string of the molecule is N#Cc1cc(NC(=O)c2cccc(F)c2)cc(Oc2cncnc2)c1. The van der Waals surface area contributed by atoms with E-state index in [1.807, 2.05) is 6.07 Å². The second-order valence-electron chi connectivity index (χ2n) is 5.00. The third-order valence-corrected chi connectivity index (χ3v) is 3.15. The molecule has 0 unspecified atom stereocenters. The van der Waals surface area contributed by atoms with E-state index in [-0.39, 0.29) is 5.56 Å². The van der Waals surface area contributed by atoms with Crippen LogP contribution in [0.2, 0.25) is 0 Å². The highest BCUT2D eigenvalue weighted by atomic mass is 19.1. The van der Waals surface area contributed by atoms with E-state index in [1.54, 1.807) is 6.07 Å². The van der Waals surface area contributed by atoms with Crippen LogP contribution in [0.4, 0.5) is 10.1 Å². The van der Waals surface area contributed by atoms with Crippen LogP contribution in [0.3, 0.4) is 0 Å². The van der Waals surface area contributed by atoms with Gasteiger partial charge in [0.25, 0.3) is 5.91 Å². The molecule has 0 atom stereocenters. The van der Waals surface area contributed by atoms with Crippen molar-refractivity contribution < 1.29 is 13.9 Å². The normalized spacial score (nSPS) is 9.92. The van der Waals surface area contributed by atoms with Gasteiger partial charge in [-0.15, -0.1) is 0 Å². The topological polar surface area (TPSA) is 87.9 Å². The smallest absolute Gasteiger partial charge is 0.255 e. The molecule has 0 bridgehead atoms. The van der Waals surface area contributed by atoms with Gasteiger partial charge in [-0.05, 0) is 30.3 Å². The van der Waals surface area contributed by atoms with Crippen molar-refractivity contribution in [2.24, 2.45) is 0 Å². The quantitative estimate of drug-likeness (QED) is 0.788. The monoisotopic (exact) mass is 334 g/mol. The predicted molar refractivity (Wildman–Crippen MR) is 87.6 cm³/mol. The Kier molecular flexibility index (Phi) is 4.62. The fourth-order valence-corrected chi connectivity index (χ4v) is 2.10. The predicted octanol–water partition coefficient (Wildman–Crippen LogP) is 3.53. The van der Waals surface area contributed by atoms with Crippen molar-refractivity contribution >= 4 is 11.6 Å². The van der Waals surface area contributed by atoms with Crippen molar-refractivity contribution in [2.45, 2.75) is 0 Å². The summed E-state index contributed by atoms with van der Waals surface area (Å²) in [6.45, 7) is 0. The van der Waals surface area contributed by atoms with Crippen LogP contribution < -0.4 is 10.1 Å². The zero-order valence-corrected chi connectivity index (χ0v) is 12.8. The summed E-state index contributed by atoms with van der Waals surface area (Å²) in [6.07, 6.45) is 4.30. The largest absolute Gasteiger partial charge is 0.454 e. The van der Waals surface area contributed by atoms with E-state index in [2.05, 4.69) is 15.3 Å². The van der Waals surface area contributed by atoms with E-state index in [1.165, 1.54) is 49.1 Å². The highest BCUT2D eigenvalue weighted by molar-refractivity contribution is 6.04. The number of carbonyl (C=O) groups is 1. The number of anilines is 1. The van der Waals surface area contributed by atoms with E-state index in [0.29, 0.717) is 22.7 Å². The summed E-state index contributed by atoms with van der Waals surface area (Å²) < 4.78 is 18.8. The maximum absolute atomic E-state index is 13.2. The van der Waals surface area contributed by atoms with E-state index in [9.17, 15) is 9.18 Å². The van der Waals surface area contributed by atoms with Gasteiger partial charge in [0.2, 0.25) is 0 Å². The Morgan fingerprint density at radius 1 is 1.12 bits per heavy atom. The van der Waals surface area contributed by atoms with Gasteiger partial charge in [-0.3, -0.25) is 4.79 Å². The van der Waals surface area contributed by atoms with Crippen molar-refractivity contribution in [2.75, 3.05) is 5.32 Å². The molecule has 0 saturated heterocycles. The fraction of sp³-hybridized carbons (Fsp3) is 0. The van der Waals surface area contributed by atoms with Crippen molar-refractivity contribution in [1.29, 1.82) is 5.26 Å². The number of nitriles is 1. The van der Waals surface area contributed by atoms with Crippen LogP contribution in [0.5, 0.6) is 11.5 Å². The van der Waals surface area contributed by atoms with Crippen LogP contribution in [-0.4, -0.2) is 15.9 Å². The maximum atomic E-state index is 13.2. The summed E-state index contributed by atoms with van der Waals surface area (Å²) in [5.74, 6) is -0.279. The third-order valence-electron chi connectivity index (χ3n) is 3.15. The van der Waals surface area contributed by atoms with Crippen molar-refractivity contribution in [3.63, 3.8) is 0 Å². The number of benzene rings is 2. The molecular weight excluding hydrogens is 323 g/mol. The highest BCUT2D eigenvalue weighted by Gasteiger charge is 2.10.